The Balaban J connectivity index is 1.67. The highest BCUT2D eigenvalue weighted by Crippen LogP contribution is 2.27. The second kappa shape index (κ2) is 5.60. The molecule has 1 saturated heterocycles. The molecule has 3 aromatic rings. The van der Waals surface area contributed by atoms with Gasteiger partial charge in [0.15, 0.2) is 0 Å². The first-order chi connectivity index (χ1) is 11.2. The summed E-state index contributed by atoms with van der Waals surface area (Å²) in [6, 6.07) is 7.60. The molecule has 7 nitrogen and oxygen atoms in total. The molecule has 0 radical (unpaired) electrons. The summed E-state index contributed by atoms with van der Waals surface area (Å²) in [4.78, 5) is 24.2. The lowest BCUT2D eigenvalue weighted by molar-refractivity contribution is 0.387. The highest BCUT2D eigenvalue weighted by molar-refractivity contribution is 6.31. The lowest BCUT2D eigenvalue weighted by Gasteiger charge is -2.07. The van der Waals surface area contributed by atoms with Crippen molar-refractivity contribution < 1.29 is 4.52 Å². The molecule has 23 heavy (non-hydrogen) atoms. The van der Waals surface area contributed by atoms with E-state index in [1.165, 1.54) is 6.33 Å². The van der Waals surface area contributed by atoms with Crippen molar-refractivity contribution >= 4 is 11.6 Å². The number of nitrogens with one attached hydrogen (secondary N) is 1. The molecule has 3 heterocycles. The first-order valence-electron chi connectivity index (χ1n) is 7.08. The Morgan fingerprint density at radius 2 is 2.04 bits per heavy atom. The second-order valence-corrected chi connectivity index (χ2v) is 5.72. The summed E-state index contributed by atoms with van der Waals surface area (Å²) < 4.78 is 4.49. The van der Waals surface area contributed by atoms with Gasteiger partial charge in [0.2, 0.25) is 5.82 Å². The zero-order chi connectivity index (χ0) is 15.8. The molecule has 1 fully saturated rings. The Labute approximate surface area is 135 Å². The van der Waals surface area contributed by atoms with E-state index in [0.717, 1.165) is 30.8 Å². The average molecular weight is 330 g/mol. The predicted molar refractivity (Wildman–Crippen MR) is 83.9 cm³/mol. The van der Waals surface area contributed by atoms with E-state index in [1.807, 2.05) is 18.2 Å². The summed E-state index contributed by atoms with van der Waals surface area (Å²) >= 11 is 6.37. The van der Waals surface area contributed by atoms with Crippen molar-refractivity contribution in [2.75, 3.05) is 13.1 Å². The summed E-state index contributed by atoms with van der Waals surface area (Å²) in [6.45, 7) is 3.13. The number of aromatic nitrogens is 4. The molecule has 8 heteroatoms. The Bertz CT molecular complexity index is 916. The van der Waals surface area contributed by atoms with Gasteiger partial charge in [-0.25, -0.2) is 14.8 Å². The minimum atomic E-state index is -0.623. The molecule has 1 aliphatic heterocycles. The fourth-order valence-electron chi connectivity index (χ4n) is 2.29. The van der Waals surface area contributed by atoms with E-state index in [-0.39, 0.29) is 5.82 Å². The van der Waals surface area contributed by atoms with Gasteiger partial charge in [-0.1, -0.05) is 28.9 Å². The lowest BCUT2D eigenvalue weighted by atomic mass is 10.1. The second-order valence-electron chi connectivity index (χ2n) is 5.31. The number of rotatable bonds is 4. The van der Waals surface area contributed by atoms with Crippen LogP contribution in [0.15, 0.2) is 39.9 Å². The number of nitrogens with zero attached hydrogens (tertiary/aromatic N) is 4. The summed E-state index contributed by atoms with van der Waals surface area (Å²) in [6.07, 6.45) is 1.41. The molecule has 0 atom stereocenters. The average Bonchev–Trinajstić information content (AvgIpc) is 3.28. The van der Waals surface area contributed by atoms with Crippen LogP contribution in [0, 0.1) is 0 Å². The monoisotopic (exact) mass is 329 g/mol. The zero-order valence-corrected chi connectivity index (χ0v) is 12.7. The molecular weight excluding hydrogens is 318 g/mol. The molecule has 1 N–H and O–H groups in total. The Morgan fingerprint density at radius 1 is 1.22 bits per heavy atom. The molecule has 1 aliphatic rings. The molecule has 116 valence electrons. The van der Waals surface area contributed by atoms with Crippen LogP contribution in [-0.4, -0.2) is 38.1 Å². The lowest BCUT2D eigenvalue weighted by Crippen LogP contribution is -1.98. The van der Waals surface area contributed by atoms with Crippen LogP contribution in [-0.2, 0) is 6.54 Å². The van der Waals surface area contributed by atoms with E-state index in [4.69, 9.17) is 11.6 Å². The summed E-state index contributed by atoms with van der Waals surface area (Å²) in [5.41, 5.74) is 3.14. The van der Waals surface area contributed by atoms with Gasteiger partial charge in [-0.15, -0.1) is 0 Å². The number of hydrogen-bond acceptors (Lipinski definition) is 6. The maximum atomic E-state index is 11.0. The third-order valence-corrected chi connectivity index (χ3v) is 3.98. The van der Waals surface area contributed by atoms with Crippen molar-refractivity contribution in [3.05, 3.63) is 51.7 Å². The van der Waals surface area contributed by atoms with Crippen molar-refractivity contribution in [3.8, 4) is 22.8 Å². The van der Waals surface area contributed by atoms with Crippen molar-refractivity contribution in [2.24, 2.45) is 0 Å². The molecule has 1 aromatic carbocycles. The molecule has 0 amide bonds. The number of H-pyrrole nitrogens is 1. The molecule has 0 spiro atoms. The van der Waals surface area contributed by atoms with Gasteiger partial charge in [0.1, 0.15) is 12.0 Å². The number of benzene rings is 1. The number of halogens is 1. The molecule has 0 saturated carbocycles. The third kappa shape index (κ3) is 3.01. The fourth-order valence-corrected chi connectivity index (χ4v) is 2.53. The van der Waals surface area contributed by atoms with Gasteiger partial charge in [0.05, 0.1) is 5.69 Å². The van der Waals surface area contributed by atoms with E-state index in [9.17, 15) is 4.79 Å². The van der Waals surface area contributed by atoms with Gasteiger partial charge in [-0.2, -0.15) is 0 Å². The van der Waals surface area contributed by atoms with Crippen LogP contribution >= 0.6 is 11.6 Å². The number of hydrogen-bond donors (Lipinski definition) is 1. The van der Waals surface area contributed by atoms with E-state index >= 15 is 0 Å². The van der Waals surface area contributed by atoms with E-state index in [1.54, 1.807) is 6.07 Å². The topological polar surface area (TPSA) is 87.7 Å². The van der Waals surface area contributed by atoms with Gasteiger partial charge in [0, 0.05) is 30.2 Å². The van der Waals surface area contributed by atoms with Gasteiger partial charge < -0.3 is 0 Å². The van der Waals surface area contributed by atoms with Crippen molar-refractivity contribution in [2.45, 2.75) is 6.54 Å². The maximum Gasteiger partial charge on any atom is 0.439 e. The van der Waals surface area contributed by atoms with Crippen LogP contribution in [0.3, 0.4) is 0 Å². The normalized spacial score (nSPS) is 14.1. The summed E-state index contributed by atoms with van der Waals surface area (Å²) in [7, 11) is 0. The van der Waals surface area contributed by atoms with Crippen molar-refractivity contribution in [1.29, 1.82) is 0 Å². The molecule has 0 aliphatic carbocycles. The van der Waals surface area contributed by atoms with Gasteiger partial charge in [-0.3, -0.25) is 14.4 Å². The van der Waals surface area contributed by atoms with E-state index < -0.39 is 5.76 Å². The Kier molecular flexibility index (Phi) is 3.44. The Hall–Kier alpha value is -2.51. The largest absolute Gasteiger partial charge is 0.439 e. The molecule has 0 bridgehead atoms. The quantitative estimate of drug-likeness (QED) is 0.736. The molecule has 4 rings (SSSR count). The van der Waals surface area contributed by atoms with E-state index in [0.29, 0.717) is 16.4 Å². The Morgan fingerprint density at radius 3 is 2.74 bits per heavy atom. The highest BCUT2D eigenvalue weighted by atomic mass is 35.5. The van der Waals surface area contributed by atoms with Crippen LogP contribution in [0.4, 0.5) is 0 Å². The summed E-state index contributed by atoms with van der Waals surface area (Å²) in [5, 5.41) is 4.34. The first-order valence-corrected chi connectivity index (χ1v) is 7.46. The SMILES string of the molecule is O=c1[nH]c(-c2cc(-c3ccc(CN4CC4)c(Cl)c3)ncn2)no1. The highest BCUT2D eigenvalue weighted by Gasteiger charge is 2.18. The zero-order valence-electron chi connectivity index (χ0n) is 12.0. The van der Waals surface area contributed by atoms with Crippen molar-refractivity contribution in [1.82, 2.24) is 25.0 Å². The van der Waals surface area contributed by atoms with Crippen LogP contribution < -0.4 is 5.76 Å². The molecular formula is C15H12ClN5O2. The number of aromatic amines is 1. The van der Waals surface area contributed by atoms with Crippen LogP contribution in [0.25, 0.3) is 22.8 Å². The third-order valence-electron chi connectivity index (χ3n) is 3.63. The van der Waals surface area contributed by atoms with Crippen LogP contribution in [0.1, 0.15) is 5.56 Å². The van der Waals surface area contributed by atoms with Crippen LogP contribution in [0.5, 0.6) is 0 Å². The smallest absolute Gasteiger partial charge is 0.296 e. The maximum absolute atomic E-state index is 11.0. The summed E-state index contributed by atoms with van der Waals surface area (Å²) in [5.74, 6) is -0.356. The fraction of sp³-hybridized carbons (Fsp3) is 0.200. The van der Waals surface area contributed by atoms with Crippen LogP contribution in [0.2, 0.25) is 5.02 Å². The molecule has 0 unspecified atom stereocenters. The van der Waals surface area contributed by atoms with Gasteiger partial charge >= 0.3 is 5.76 Å². The molecule has 2 aromatic heterocycles. The van der Waals surface area contributed by atoms with Gasteiger partial charge in [0.25, 0.3) is 0 Å². The van der Waals surface area contributed by atoms with Crippen molar-refractivity contribution in [3.63, 3.8) is 0 Å². The standard InChI is InChI=1S/C15H12ClN5O2/c16-11-5-9(1-2-10(11)7-21-3-4-21)12-6-13(18-8-17-12)14-19-15(22)23-20-14/h1-2,5-6,8H,3-4,7H2,(H,19,20,22). The van der Waals surface area contributed by atoms with Gasteiger partial charge in [-0.05, 0) is 17.7 Å². The minimum Gasteiger partial charge on any atom is -0.296 e. The predicted octanol–water partition coefficient (Wildman–Crippen LogP) is 1.96. The first kappa shape index (κ1) is 14.1. The minimum absolute atomic E-state index is 0.267. The van der Waals surface area contributed by atoms with E-state index in [2.05, 4.69) is 29.5 Å².